The molecule has 80 valence electrons. The molecular weight excluding hydrogens is 236 g/mol. The molecule has 15 heavy (non-hydrogen) atoms. The molecule has 0 fully saturated rings. The summed E-state index contributed by atoms with van der Waals surface area (Å²) in [6, 6.07) is 0. The second-order valence-corrected chi connectivity index (χ2v) is 4.36. The summed E-state index contributed by atoms with van der Waals surface area (Å²) in [4.78, 5) is 7.61. The molecule has 0 radical (unpaired) electrons. The smallest absolute Gasteiger partial charge is 0.464 e. The van der Waals surface area contributed by atoms with E-state index < -0.39 is 11.0 Å². The SMILES string of the molecule is CS([O-])=[N+](C#N)CCc1cnc(Cl)nc1. The third-order valence-corrected chi connectivity index (χ3v) is 2.78. The van der Waals surface area contributed by atoms with Crippen LogP contribution in [0.5, 0.6) is 0 Å². The summed E-state index contributed by atoms with van der Waals surface area (Å²) in [5.41, 5.74) is 0.852. The maximum absolute atomic E-state index is 11.0. The van der Waals surface area contributed by atoms with E-state index in [0.717, 1.165) is 5.56 Å². The normalized spacial score (nSPS) is 13.1. The molecule has 0 saturated heterocycles. The number of rotatable bonds is 3. The zero-order chi connectivity index (χ0) is 11.3. The predicted molar refractivity (Wildman–Crippen MR) is 55.6 cm³/mol. The fourth-order valence-electron chi connectivity index (χ4n) is 0.935. The van der Waals surface area contributed by atoms with E-state index in [0.29, 0.717) is 13.0 Å². The van der Waals surface area contributed by atoms with E-state index in [1.807, 2.05) is 6.19 Å². The Bertz CT molecular complexity index is 408. The van der Waals surface area contributed by atoms with Crippen molar-refractivity contribution >= 4 is 22.6 Å². The molecule has 0 saturated carbocycles. The highest BCUT2D eigenvalue weighted by Crippen LogP contribution is 2.01. The lowest BCUT2D eigenvalue weighted by atomic mass is 10.2. The van der Waals surface area contributed by atoms with Crippen molar-refractivity contribution in [1.29, 1.82) is 5.26 Å². The average Bonchev–Trinajstić information content (AvgIpc) is 2.21. The van der Waals surface area contributed by atoms with Crippen molar-refractivity contribution in [1.82, 2.24) is 9.97 Å². The van der Waals surface area contributed by atoms with Gasteiger partial charge in [-0.3, -0.25) is 0 Å². The molecule has 1 rings (SSSR count). The van der Waals surface area contributed by atoms with Crippen molar-refractivity contribution in [2.24, 2.45) is 0 Å². The molecule has 0 N–H and O–H groups in total. The van der Waals surface area contributed by atoms with Gasteiger partial charge in [-0.25, -0.2) is 9.97 Å². The number of nitriles is 1. The number of hydrogen-bond acceptors (Lipinski definition) is 4. The molecule has 0 amide bonds. The van der Waals surface area contributed by atoms with Gasteiger partial charge in [0.2, 0.25) is 5.28 Å². The molecule has 0 bridgehead atoms. The third kappa shape index (κ3) is 3.91. The van der Waals surface area contributed by atoms with Gasteiger partial charge in [-0.1, -0.05) is 0 Å². The van der Waals surface area contributed by atoms with E-state index in [9.17, 15) is 4.55 Å². The fourth-order valence-corrected chi connectivity index (χ4v) is 1.50. The first kappa shape index (κ1) is 12.0. The molecular formula is C8H9ClN4OS. The van der Waals surface area contributed by atoms with Gasteiger partial charge in [0.25, 0.3) is 0 Å². The minimum atomic E-state index is -1.28. The second kappa shape index (κ2) is 5.75. The summed E-state index contributed by atoms with van der Waals surface area (Å²) in [6.07, 6.45) is 7.04. The standard InChI is InChI=1S/C8H9ClN4OS/c1-15(14)13(6-10)3-2-7-4-11-8(9)12-5-7/h4-5H,2-3H2,1H3. The lowest BCUT2D eigenvalue weighted by Gasteiger charge is -2.06. The van der Waals surface area contributed by atoms with Crippen LogP contribution in [0.25, 0.3) is 0 Å². The molecule has 1 unspecified atom stereocenters. The summed E-state index contributed by atoms with van der Waals surface area (Å²) in [5, 5.41) is 8.84. The van der Waals surface area contributed by atoms with Crippen molar-refractivity contribution < 1.29 is 8.50 Å². The molecule has 1 aromatic rings. The molecule has 5 nitrogen and oxygen atoms in total. The second-order valence-electron chi connectivity index (χ2n) is 2.74. The van der Waals surface area contributed by atoms with Crippen LogP contribution in [0.2, 0.25) is 5.28 Å². The zero-order valence-corrected chi connectivity index (χ0v) is 9.62. The number of aromatic nitrogens is 2. The Kier molecular flexibility index (Phi) is 4.62. The van der Waals surface area contributed by atoms with Crippen LogP contribution < -0.4 is 0 Å². The number of nitrogens with zero attached hydrogens (tertiary/aromatic N) is 4. The van der Waals surface area contributed by atoms with E-state index in [1.165, 1.54) is 10.2 Å². The van der Waals surface area contributed by atoms with Gasteiger partial charge in [0.05, 0.1) is 0 Å². The monoisotopic (exact) mass is 244 g/mol. The molecule has 1 heterocycles. The zero-order valence-electron chi connectivity index (χ0n) is 8.05. The summed E-state index contributed by atoms with van der Waals surface area (Å²) >= 11 is 5.52. The largest absolute Gasteiger partial charge is 0.772 e. The molecule has 1 atom stereocenters. The highest BCUT2D eigenvalue weighted by molar-refractivity contribution is 7.78. The predicted octanol–water partition coefficient (Wildman–Crippen LogP) is 0.728. The van der Waals surface area contributed by atoms with E-state index in [4.69, 9.17) is 16.9 Å². The van der Waals surface area contributed by atoms with Crippen LogP contribution in [-0.2, 0) is 17.4 Å². The Labute approximate surface area is 95.3 Å². The molecule has 0 aliphatic heterocycles. The molecule has 0 aliphatic rings. The minimum absolute atomic E-state index is 0.190. The third-order valence-electron chi connectivity index (χ3n) is 1.70. The van der Waals surface area contributed by atoms with Crippen molar-refractivity contribution in [3.63, 3.8) is 0 Å². The molecule has 0 aliphatic carbocycles. The summed E-state index contributed by atoms with van der Waals surface area (Å²) in [7, 11) is -1.28. The Balaban J connectivity index is 2.62. The summed E-state index contributed by atoms with van der Waals surface area (Å²) in [5.74, 6) is 0. The van der Waals surface area contributed by atoms with Gasteiger partial charge in [-0.2, -0.15) is 3.95 Å². The summed E-state index contributed by atoms with van der Waals surface area (Å²) in [6.45, 7) is 0.380. The van der Waals surface area contributed by atoms with Crippen LogP contribution in [0, 0.1) is 11.5 Å². The van der Waals surface area contributed by atoms with Crippen LogP contribution in [-0.4, -0.2) is 31.3 Å². The average molecular weight is 245 g/mol. The first-order chi connectivity index (χ1) is 7.13. The molecule has 0 aromatic carbocycles. The van der Waals surface area contributed by atoms with Crippen LogP contribution in [0.15, 0.2) is 12.4 Å². The fraction of sp³-hybridized carbons (Fsp3) is 0.375. The minimum Gasteiger partial charge on any atom is -0.772 e. The van der Waals surface area contributed by atoms with E-state index in [1.54, 1.807) is 12.4 Å². The topological polar surface area (TPSA) is 75.6 Å². The quantitative estimate of drug-likeness (QED) is 0.340. The molecule has 0 spiro atoms. The Morgan fingerprint density at radius 3 is 2.67 bits per heavy atom. The Morgan fingerprint density at radius 1 is 1.60 bits per heavy atom. The van der Waals surface area contributed by atoms with E-state index >= 15 is 0 Å². The molecule has 7 heteroatoms. The van der Waals surface area contributed by atoms with Crippen molar-refractivity contribution in [2.75, 3.05) is 12.8 Å². The van der Waals surface area contributed by atoms with Crippen molar-refractivity contribution in [3.05, 3.63) is 23.2 Å². The van der Waals surface area contributed by atoms with Crippen molar-refractivity contribution in [3.8, 4) is 6.19 Å². The number of hydrogen-bond donors (Lipinski definition) is 0. The van der Waals surface area contributed by atoms with Crippen LogP contribution in [0.1, 0.15) is 5.56 Å². The maximum Gasteiger partial charge on any atom is 0.464 e. The van der Waals surface area contributed by atoms with E-state index in [2.05, 4.69) is 9.97 Å². The maximum atomic E-state index is 11.0. The first-order valence-electron chi connectivity index (χ1n) is 4.10. The molecule has 1 aromatic heterocycles. The van der Waals surface area contributed by atoms with Gasteiger partial charge in [0.15, 0.2) is 5.26 Å². The highest BCUT2D eigenvalue weighted by Gasteiger charge is 2.02. The van der Waals surface area contributed by atoms with Gasteiger partial charge in [-0.05, 0) is 23.4 Å². The highest BCUT2D eigenvalue weighted by atomic mass is 35.5. The van der Waals surface area contributed by atoms with Crippen molar-refractivity contribution in [2.45, 2.75) is 6.42 Å². The Hall–Kier alpha value is -1.03. The van der Waals surface area contributed by atoms with Gasteiger partial charge in [0, 0.05) is 18.8 Å². The van der Waals surface area contributed by atoms with Gasteiger partial charge in [-0.15, -0.1) is 11.0 Å². The van der Waals surface area contributed by atoms with E-state index in [-0.39, 0.29) is 5.28 Å². The first-order valence-corrected chi connectivity index (χ1v) is 6.00. The van der Waals surface area contributed by atoms with Crippen LogP contribution in [0.4, 0.5) is 0 Å². The lowest BCUT2D eigenvalue weighted by Crippen LogP contribution is -2.13. The van der Waals surface area contributed by atoms with Crippen LogP contribution >= 0.6 is 11.6 Å². The van der Waals surface area contributed by atoms with Gasteiger partial charge < -0.3 is 4.55 Å². The van der Waals surface area contributed by atoms with Gasteiger partial charge in [0.1, 0.15) is 6.54 Å². The van der Waals surface area contributed by atoms with Gasteiger partial charge >= 0.3 is 6.19 Å². The summed E-state index contributed by atoms with van der Waals surface area (Å²) < 4.78 is 12.2. The lowest BCUT2D eigenvalue weighted by molar-refractivity contribution is -0.414. The Morgan fingerprint density at radius 2 is 2.20 bits per heavy atom. The number of halogens is 1. The van der Waals surface area contributed by atoms with Crippen LogP contribution in [0.3, 0.4) is 0 Å².